The summed E-state index contributed by atoms with van der Waals surface area (Å²) in [5.74, 6) is 7.94. The molecule has 4 atom stereocenters. The van der Waals surface area contributed by atoms with E-state index < -0.39 is 0 Å². The van der Waals surface area contributed by atoms with Crippen molar-refractivity contribution < 1.29 is 14.0 Å². The van der Waals surface area contributed by atoms with Gasteiger partial charge in [0.2, 0.25) is 5.89 Å². The summed E-state index contributed by atoms with van der Waals surface area (Å²) in [4.78, 5) is 10.6. The van der Waals surface area contributed by atoms with Gasteiger partial charge in [0.15, 0.2) is 17.3 Å². The Balaban J connectivity index is 0.000000202. The maximum Gasteiger partial charge on any atom is 0.231 e. The van der Waals surface area contributed by atoms with Gasteiger partial charge in [-0.2, -0.15) is 4.98 Å². The molecule has 0 radical (unpaired) electrons. The Morgan fingerprint density at radius 3 is 1.79 bits per heavy atom. The highest BCUT2D eigenvalue weighted by Crippen LogP contribution is 2.48. The van der Waals surface area contributed by atoms with Gasteiger partial charge in [0.25, 0.3) is 0 Å². The number of methoxy groups -OCH3 is 2. The third kappa shape index (κ3) is 11.1. The highest BCUT2D eigenvalue weighted by atomic mass is 32.1. The van der Waals surface area contributed by atoms with E-state index in [1.165, 1.54) is 74.1 Å². The first-order valence-corrected chi connectivity index (χ1v) is 21.5. The molecular formula is C44H71N5O3S. The zero-order chi connectivity index (χ0) is 38.4. The highest BCUT2D eigenvalue weighted by molar-refractivity contribution is 7.11. The van der Waals surface area contributed by atoms with Gasteiger partial charge in [-0.1, -0.05) is 73.5 Å². The van der Waals surface area contributed by atoms with Gasteiger partial charge in [-0.25, -0.2) is 4.98 Å². The summed E-state index contributed by atoms with van der Waals surface area (Å²) in [6, 6.07) is 5.85. The summed E-state index contributed by atoms with van der Waals surface area (Å²) in [7, 11) is 3.27. The second-order valence-corrected chi connectivity index (χ2v) is 19.6. The van der Waals surface area contributed by atoms with Crippen LogP contribution in [-0.2, 0) is 24.9 Å². The first kappa shape index (κ1) is 41.7. The van der Waals surface area contributed by atoms with Crippen molar-refractivity contribution in [1.29, 1.82) is 0 Å². The number of nitrogens with zero attached hydrogens (tertiary/aromatic N) is 3. The van der Waals surface area contributed by atoms with Crippen LogP contribution in [0.5, 0.6) is 11.5 Å². The number of rotatable bonds is 10. The van der Waals surface area contributed by atoms with Gasteiger partial charge >= 0.3 is 0 Å². The molecule has 2 N–H and O–H groups in total. The predicted molar refractivity (Wildman–Crippen MR) is 218 cm³/mol. The molecule has 3 aromatic rings. The van der Waals surface area contributed by atoms with Crippen LogP contribution in [0.15, 0.2) is 28.9 Å². The molecule has 53 heavy (non-hydrogen) atoms. The molecule has 4 aliphatic rings. The number of ether oxygens (including phenoxy) is 2. The smallest absolute Gasteiger partial charge is 0.231 e. The van der Waals surface area contributed by atoms with E-state index in [-0.39, 0.29) is 11.0 Å². The Morgan fingerprint density at radius 2 is 1.30 bits per heavy atom. The lowest BCUT2D eigenvalue weighted by atomic mass is 9.61. The maximum absolute atomic E-state index is 5.51. The van der Waals surface area contributed by atoms with Crippen molar-refractivity contribution in [3.63, 3.8) is 0 Å². The molecule has 1 aromatic carbocycles. The van der Waals surface area contributed by atoms with Crippen molar-refractivity contribution in [3.05, 3.63) is 51.6 Å². The molecule has 2 heterocycles. The molecule has 4 fully saturated rings. The zero-order valence-electron chi connectivity index (χ0n) is 34.9. The molecule has 0 aliphatic heterocycles. The number of hydrogen-bond acceptors (Lipinski definition) is 9. The Labute approximate surface area is 325 Å². The van der Waals surface area contributed by atoms with Crippen LogP contribution in [0, 0.1) is 35.5 Å². The SMILES string of the molecule is CC.CC1CC2CC(C)CC(NCc3cnc(C(C)(C)C)s3)(C1)C2.COc1ccc(Cc2nc(CNC34CC(C)CC(CC(C)C3)C4)no2)cc1OC. The quantitative estimate of drug-likeness (QED) is 0.212. The van der Waals surface area contributed by atoms with Crippen LogP contribution in [-0.4, -0.2) is 40.4 Å². The summed E-state index contributed by atoms with van der Waals surface area (Å²) in [6.45, 7) is 22.1. The first-order chi connectivity index (χ1) is 25.2. The van der Waals surface area contributed by atoms with Crippen LogP contribution < -0.4 is 20.1 Å². The molecule has 0 amide bonds. The lowest BCUT2D eigenvalue weighted by molar-refractivity contribution is 0.0535. The Bertz CT molecular complexity index is 1540. The molecule has 8 nitrogen and oxygen atoms in total. The molecule has 7 rings (SSSR count). The van der Waals surface area contributed by atoms with E-state index in [1.807, 2.05) is 43.4 Å². The normalized spacial score (nSPS) is 30.7. The molecule has 4 unspecified atom stereocenters. The second-order valence-electron chi connectivity index (χ2n) is 18.4. The standard InChI is InChI=1S/C23H33N3O3.C19H32N2S.C2H6/c1-15-7-18-8-16(2)12-23(11-15,13-18)24-14-21-25-22(29-26-21)10-17-5-6-19(27-3)20(9-17)28-4;1-13-6-15-7-14(2)9-19(8-13,10-15)21-12-16-11-20-17(22-16)18(3,4)5;1-2/h5-6,9,15-16,18,24H,7-8,10-14H2,1-4H3;11,13-15,21H,6-10,12H2,1-5H3;1-2H3. The van der Waals surface area contributed by atoms with Gasteiger partial charge in [-0.3, -0.25) is 0 Å². The minimum atomic E-state index is 0.172. The van der Waals surface area contributed by atoms with E-state index in [0.29, 0.717) is 35.9 Å². The van der Waals surface area contributed by atoms with E-state index in [2.05, 4.69) is 80.4 Å². The minimum absolute atomic E-state index is 0.172. The van der Waals surface area contributed by atoms with Crippen LogP contribution in [0.4, 0.5) is 0 Å². The Kier molecular flexibility index (Phi) is 14.1. The summed E-state index contributed by atoms with van der Waals surface area (Å²) >= 11 is 1.88. The zero-order valence-corrected chi connectivity index (χ0v) is 35.8. The van der Waals surface area contributed by atoms with Crippen LogP contribution in [0.3, 0.4) is 0 Å². The number of aromatic nitrogens is 3. The molecule has 4 aliphatic carbocycles. The third-order valence-electron chi connectivity index (χ3n) is 12.0. The summed E-state index contributed by atoms with van der Waals surface area (Å²) in [5, 5.41) is 13.3. The summed E-state index contributed by atoms with van der Waals surface area (Å²) < 4.78 is 16.2. The van der Waals surface area contributed by atoms with Crippen molar-refractivity contribution >= 4 is 11.3 Å². The number of fused-ring (bicyclic) bond motifs is 4. The lowest BCUT2D eigenvalue weighted by Gasteiger charge is -2.50. The van der Waals surface area contributed by atoms with Gasteiger partial charge in [0, 0.05) is 34.1 Å². The Hall–Kier alpha value is -2.49. The van der Waals surface area contributed by atoms with E-state index in [0.717, 1.165) is 53.4 Å². The number of benzene rings is 1. The largest absolute Gasteiger partial charge is 0.493 e. The second kappa shape index (κ2) is 18.0. The van der Waals surface area contributed by atoms with Gasteiger partial charge in [0.1, 0.15) is 0 Å². The van der Waals surface area contributed by atoms with Crippen molar-refractivity contribution in [2.75, 3.05) is 14.2 Å². The van der Waals surface area contributed by atoms with Gasteiger partial charge in [-0.15, -0.1) is 11.3 Å². The van der Waals surface area contributed by atoms with Gasteiger partial charge < -0.3 is 24.6 Å². The molecule has 0 saturated heterocycles. The maximum atomic E-state index is 5.51. The number of hydrogen-bond donors (Lipinski definition) is 2. The fourth-order valence-corrected chi connectivity index (χ4v) is 11.6. The molecule has 4 bridgehead atoms. The van der Waals surface area contributed by atoms with Crippen molar-refractivity contribution in [1.82, 2.24) is 25.8 Å². The molecular weight excluding hydrogens is 679 g/mol. The van der Waals surface area contributed by atoms with Crippen molar-refractivity contribution in [2.24, 2.45) is 35.5 Å². The fourth-order valence-electron chi connectivity index (χ4n) is 10.7. The van der Waals surface area contributed by atoms with Crippen LogP contribution in [0.2, 0.25) is 0 Å². The van der Waals surface area contributed by atoms with Crippen LogP contribution in [0.1, 0.15) is 154 Å². The highest BCUT2D eigenvalue weighted by Gasteiger charge is 2.45. The van der Waals surface area contributed by atoms with E-state index >= 15 is 0 Å². The van der Waals surface area contributed by atoms with E-state index in [9.17, 15) is 0 Å². The fraction of sp³-hybridized carbons (Fsp3) is 0.750. The van der Waals surface area contributed by atoms with E-state index in [4.69, 9.17) is 14.0 Å². The number of nitrogens with one attached hydrogen (secondary N) is 2. The van der Waals surface area contributed by atoms with Crippen LogP contribution in [0.25, 0.3) is 0 Å². The minimum Gasteiger partial charge on any atom is -0.493 e. The van der Waals surface area contributed by atoms with E-state index in [1.54, 1.807) is 14.2 Å². The number of thiazole rings is 1. The van der Waals surface area contributed by atoms with Gasteiger partial charge in [-0.05, 0) is 117 Å². The molecule has 2 aromatic heterocycles. The first-order valence-electron chi connectivity index (χ1n) is 20.7. The Morgan fingerprint density at radius 1 is 0.774 bits per heavy atom. The molecule has 9 heteroatoms. The average Bonchev–Trinajstić information content (AvgIpc) is 3.76. The van der Waals surface area contributed by atoms with Gasteiger partial charge in [0.05, 0.1) is 32.2 Å². The monoisotopic (exact) mass is 750 g/mol. The van der Waals surface area contributed by atoms with Crippen molar-refractivity contribution in [2.45, 2.75) is 163 Å². The summed E-state index contributed by atoms with van der Waals surface area (Å²) in [5.41, 5.74) is 1.86. The average molecular weight is 750 g/mol. The topological polar surface area (TPSA) is 94.3 Å². The molecule has 0 spiro atoms. The van der Waals surface area contributed by atoms with Crippen LogP contribution >= 0.6 is 11.3 Å². The molecule has 4 saturated carbocycles. The lowest BCUT2D eigenvalue weighted by Crippen LogP contribution is -2.54. The third-order valence-corrected chi connectivity index (χ3v) is 13.4. The predicted octanol–water partition coefficient (Wildman–Crippen LogP) is 10.5. The summed E-state index contributed by atoms with van der Waals surface area (Å²) in [6.07, 6.45) is 16.2. The molecule has 296 valence electrons. The van der Waals surface area contributed by atoms with Crippen molar-refractivity contribution in [3.8, 4) is 11.5 Å².